The van der Waals surface area contributed by atoms with Crippen molar-refractivity contribution in [1.29, 1.82) is 5.26 Å². The molecule has 0 unspecified atom stereocenters. The molecule has 1 saturated heterocycles. The normalized spacial score (nSPS) is 16.9. The van der Waals surface area contributed by atoms with Gasteiger partial charge in [-0.1, -0.05) is 77.4 Å². The third-order valence-corrected chi connectivity index (χ3v) is 6.83. The Kier molecular flexibility index (Phi) is 7.05. The van der Waals surface area contributed by atoms with Crippen molar-refractivity contribution in [2.45, 2.75) is 11.7 Å². The molecule has 1 atom stereocenters. The molecule has 8 heteroatoms. The van der Waals surface area contributed by atoms with Crippen LogP contribution >= 0.6 is 35.0 Å². The zero-order valence-electron chi connectivity index (χ0n) is 17.2. The van der Waals surface area contributed by atoms with Gasteiger partial charge in [0.25, 0.3) is 5.91 Å². The number of rotatable bonds is 5. The summed E-state index contributed by atoms with van der Waals surface area (Å²) in [6.45, 7) is 0. The lowest BCUT2D eigenvalue weighted by Crippen LogP contribution is -2.30. The van der Waals surface area contributed by atoms with Crippen LogP contribution in [0.25, 0.3) is 0 Å². The number of para-hydroxylation sites is 1. The zero-order chi connectivity index (χ0) is 23.4. The second-order valence-corrected chi connectivity index (χ2v) is 9.20. The van der Waals surface area contributed by atoms with Crippen molar-refractivity contribution in [3.05, 3.63) is 105 Å². The van der Waals surface area contributed by atoms with Crippen LogP contribution in [0.2, 0.25) is 10.0 Å². The summed E-state index contributed by atoms with van der Waals surface area (Å²) >= 11 is 13.5. The number of thioether (sulfide) groups is 1. The van der Waals surface area contributed by atoms with Gasteiger partial charge < -0.3 is 5.32 Å². The second kappa shape index (κ2) is 10.1. The summed E-state index contributed by atoms with van der Waals surface area (Å²) in [5.74, 6) is -0.834. The Bertz CT molecular complexity index is 1290. The fraction of sp³-hybridized carbons (Fsp3) is 0.0800. The largest absolute Gasteiger partial charge is 0.321 e. The number of nitrogens with one attached hydrogen (secondary N) is 1. The first-order chi connectivity index (χ1) is 16.0. The Balaban J connectivity index is 1.72. The molecule has 0 saturated carbocycles. The summed E-state index contributed by atoms with van der Waals surface area (Å²) in [6.07, 6.45) is 0.366. The van der Waals surface area contributed by atoms with Gasteiger partial charge in [-0.15, -0.1) is 0 Å². The number of hydrogen-bond donors (Lipinski definition) is 1. The number of nitriles is 1. The van der Waals surface area contributed by atoms with Crippen LogP contribution in [-0.2, 0) is 16.0 Å². The van der Waals surface area contributed by atoms with E-state index >= 15 is 0 Å². The molecule has 0 bridgehead atoms. The van der Waals surface area contributed by atoms with Gasteiger partial charge in [0.1, 0.15) is 16.7 Å². The van der Waals surface area contributed by atoms with E-state index < -0.39 is 11.2 Å². The molecule has 1 N–H and O–H groups in total. The SMILES string of the molecule is N#C/C(C(=O)Nc1cccc(Cl)c1)=C1/S[C@@H](Cc2ccccc2Cl)C(=O)N1c1ccccc1. The summed E-state index contributed by atoms with van der Waals surface area (Å²) < 4.78 is 0. The molecular formula is C25H17Cl2N3O2S. The van der Waals surface area contributed by atoms with E-state index in [9.17, 15) is 14.9 Å². The number of nitrogens with zero attached hydrogens (tertiary/aromatic N) is 2. The fourth-order valence-corrected chi connectivity index (χ4v) is 5.12. The predicted octanol–water partition coefficient (Wildman–Crippen LogP) is 6.06. The molecule has 3 aromatic carbocycles. The maximum atomic E-state index is 13.4. The van der Waals surface area contributed by atoms with E-state index in [4.69, 9.17) is 23.2 Å². The van der Waals surface area contributed by atoms with Gasteiger partial charge in [-0.05, 0) is 48.4 Å². The minimum absolute atomic E-state index is 0.154. The van der Waals surface area contributed by atoms with Crippen molar-refractivity contribution in [1.82, 2.24) is 0 Å². The first-order valence-corrected chi connectivity index (χ1v) is 11.6. The van der Waals surface area contributed by atoms with Gasteiger partial charge in [-0.3, -0.25) is 14.5 Å². The average Bonchev–Trinajstić information content (AvgIpc) is 3.12. The molecule has 4 rings (SSSR count). The third kappa shape index (κ3) is 5.07. The van der Waals surface area contributed by atoms with E-state index in [-0.39, 0.29) is 16.5 Å². The molecular weight excluding hydrogens is 477 g/mol. The third-order valence-electron chi connectivity index (χ3n) is 4.97. The molecule has 0 aromatic heterocycles. The maximum absolute atomic E-state index is 13.4. The minimum atomic E-state index is -0.616. The van der Waals surface area contributed by atoms with Crippen LogP contribution in [0, 0.1) is 11.3 Å². The van der Waals surface area contributed by atoms with Crippen LogP contribution in [0.15, 0.2) is 89.5 Å². The van der Waals surface area contributed by atoms with Gasteiger partial charge >= 0.3 is 0 Å². The van der Waals surface area contributed by atoms with E-state index in [2.05, 4.69) is 5.32 Å². The number of benzene rings is 3. The molecule has 1 fully saturated rings. The van der Waals surface area contributed by atoms with Gasteiger partial charge in [-0.25, -0.2) is 0 Å². The first-order valence-electron chi connectivity index (χ1n) is 9.98. The Morgan fingerprint density at radius 3 is 2.45 bits per heavy atom. The highest BCUT2D eigenvalue weighted by Gasteiger charge is 2.41. The Morgan fingerprint density at radius 2 is 1.76 bits per heavy atom. The van der Waals surface area contributed by atoms with Gasteiger partial charge in [0.05, 0.1) is 5.25 Å². The Morgan fingerprint density at radius 1 is 1.03 bits per heavy atom. The van der Waals surface area contributed by atoms with E-state index in [1.165, 1.54) is 16.7 Å². The Hall–Kier alpha value is -3.24. The molecule has 0 radical (unpaired) electrons. The number of hydrogen-bond acceptors (Lipinski definition) is 4. The fourth-order valence-electron chi connectivity index (χ4n) is 3.42. The molecule has 1 aliphatic rings. The number of amides is 2. The van der Waals surface area contributed by atoms with E-state index in [0.717, 1.165) is 5.56 Å². The molecule has 2 amide bonds. The quantitative estimate of drug-likeness (QED) is 0.346. The summed E-state index contributed by atoms with van der Waals surface area (Å²) in [4.78, 5) is 27.9. The molecule has 1 aliphatic heterocycles. The highest BCUT2D eigenvalue weighted by Crippen LogP contribution is 2.42. The van der Waals surface area contributed by atoms with Crippen molar-refractivity contribution in [2.24, 2.45) is 0 Å². The second-order valence-electron chi connectivity index (χ2n) is 7.17. The summed E-state index contributed by atoms with van der Waals surface area (Å²) in [5.41, 5.74) is 1.70. The first kappa shape index (κ1) is 22.9. The molecule has 33 heavy (non-hydrogen) atoms. The summed E-state index contributed by atoms with van der Waals surface area (Å²) in [5, 5.41) is 13.3. The number of carbonyl (C=O) groups is 2. The van der Waals surface area contributed by atoms with Crippen LogP contribution in [-0.4, -0.2) is 17.1 Å². The van der Waals surface area contributed by atoms with Crippen molar-refractivity contribution in [3.8, 4) is 6.07 Å². The zero-order valence-corrected chi connectivity index (χ0v) is 19.5. The van der Waals surface area contributed by atoms with Crippen molar-refractivity contribution >= 4 is 58.2 Å². The van der Waals surface area contributed by atoms with Crippen LogP contribution < -0.4 is 10.2 Å². The topological polar surface area (TPSA) is 73.2 Å². The van der Waals surface area contributed by atoms with E-state index in [1.807, 2.05) is 30.3 Å². The highest BCUT2D eigenvalue weighted by molar-refractivity contribution is 8.05. The van der Waals surface area contributed by atoms with Crippen LogP contribution in [0.4, 0.5) is 11.4 Å². The average molecular weight is 494 g/mol. The number of carbonyl (C=O) groups excluding carboxylic acids is 2. The minimum Gasteiger partial charge on any atom is -0.321 e. The Labute approximate surface area is 205 Å². The molecule has 5 nitrogen and oxygen atoms in total. The molecule has 0 aliphatic carbocycles. The lowest BCUT2D eigenvalue weighted by atomic mass is 10.1. The van der Waals surface area contributed by atoms with Gasteiger partial charge in [0, 0.05) is 21.4 Å². The van der Waals surface area contributed by atoms with Crippen molar-refractivity contribution < 1.29 is 9.59 Å². The van der Waals surface area contributed by atoms with Crippen LogP contribution in [0.5, 0.6) is 0 Å². The van der Waals surface area contributed by atoms with Gasteiger partial charge in [0.15, 0.2) is 0 Å². The number of anilines is 2. The van der Waals surface area contributed by atoms with Gasteiger partial charge in [-0.2, -0.15) is 5.26 Å². The lowest BCUT2D eigenvalue weighted by Gasteiger charge is -2.18. The maximum Gasteiger partial charge on any atom is 0.269 e. The van der Waals surface area contributed by atoms with Crippen molar-refractivity contribution in [3.63, 3.8) is 0 Å². The molecule has 164 valence electrons. The molecule has 1 heterocycles. The predicted molar refractivity (Wildman–Crippen MR) is 133 cm³/mol. The summed E-state index contributed by atoms with van der Waals surface area (Å²) in [7, 11) is 0. The number of halogens is 2. The van der Waals surface area contributed by atoms with Crippen LogP contribution in [0.1, 0.15) is 5.56 Å². The van der Waals surface area contributed by atoms with Crippen LogP contribution in [0.3, 0.4) is 0 Å². The smallest absolute Gasteiger partial charge is 0.269 e. The van der Waals surface area contributed by atoms with Gasteiger partial charge in [0.2, 0.25) is 5.91 Å². The lowest BCUT2D eigenvalue weighted by molar-refractivity contribution is -0.117. The summed E-state index contributed by atoms with van der Waals surface area (Å²) in [6, 6.07) is 24.9. The monoisotopic (exact) mass is 493 g/mol. The van der Waals surface area contributed by atoms with Crippen molar-refractivity contribution in [2.75, 3.05) is 10.2 Å². The standard InChI is InChI=1S/C25H17Cl2N3O2S/c26-17-8-6-9-18(14-17)29-23(31)20(15-28)25-30(19-10-2-1-3-11-19)24(32)22(33-25)13-16-7-4-5-12-21(16)27/h1-12,14,22H,13H2,(H,29,31)/b25-20-/t22-/m0/s1. The molecule has 3 aromatic rings. The highest BCUT2D eigenvalue weighted by atomic mass is 35.5. The van der Waals surface area contributed by atoms with E-state index in [0.29, 0.717) is 27.8 Å². The molecule has 0 spiro atoms. The van der Waals surface area contributed by atoms with E-state index in [1.54, 1.807) is 54.6 Å².